The smallest absolute Gasteiger partial charge is 0.269 e. The number of amides is 1. The second-order valence-electron chi connectivity index (χ2n) is 5.57. The predicted molar refractivity (Wildman–Crippen MR) is 96.9 cm³/mol. The van der Waals surface area contributed by atoms with E-state index in [0.717, 1.165) is 10.0 Å². The second kappa shape index (κ2) is 8.03. The number of nitro groups is 1. The number of hydrogen-bond acceptors (Lipinski definition) is 4. The number of hydrogen-bond donors (Lipinski definition) is 1. The van der Waals surface area contributed by atoms with Gasteiger partial charge in [-0.25, -0.2) is 0 Å². The van der Waals surface area contributed by atoms with Crippen molar-refractivity contribution < 1.29 is 9.72 Å². The first-order valence-corrected chi connectivity index (χ1v) is 8.13. The van der Waals surface area contributed by atoms with Gasteiger partial charge >= 0.3 is 0 Å². The Morgan fingerprint density at radius 3 is 2.62 bits per heavy atom. The number of non-ortho nitro benzene ring substituents is 1. The summed E-state index contributed by atoms with van der Waals surface area (Å²) in [5.41, 5.74) is 2.35. The molecule has 0 fully saturated rings. The van der Waals surface area contributed by atoms with Gasteiger partial charge in [0.05, 0.1) is 11.5 Å². The zero-order valence-corrected chi connectivity index (χ0v) is 15.0. The number of halogens is 1. The fraction of sp³-hybridized carbons (Fsp3) is 0.235. The maximum atomic E-state index is 12.2. The summed E-state index contributed by atoms with van der Waals surface area (Å²) < 4.78 is 1.00. The quantitative estimate of drug-likeness (QED) is 0.600. The van der Waals surface area contributed by atoms with Gasteiger partial charge in [-0.15, -0.1) is 0 Å². The van der Waals surface area contributed by atoms with E-state index in [0.29, 0.717) is 17.8 Å². The molecule has 126 valence electrons. The highest BCUT2D eigenvalue weighted by Crippen LogP contribution is 2.21. The predicted octanol–water partition coefficient (Wildman–Crippen LogP) is 3.74. The van der Waals surface area contributed by atoms with Crippen LogP contribution in [0, 0.1) is 17.0 Å². The minimum absolute atomic E-state index is 0.0107. The molecule has 0 aliphatic rings. The molecule has 0 atom stereocenters. The van der Waals surface area contributed by atoms with Crippen LogP contribution in [0.5, 0.6) is 0 Å². The van der Waals surface area contributed by atoms with E-state index in [-0.39, 0.29) is 18.1 Å². The number of rotatable bonds is 6. The molecule has 7 heteroatoms. The number of nitrogens with one attached hydrogen (secondary N) is 1. The zero-order chi connectivity index (χ0) is 17.7. The average Bonchev–Trinajstić information content (AvgIpc) is 2.51. The molecule has 0 radical (unpaired) electrons. The van der Waals surface area contributed by atoms with E-state index >= 15 is 0 Å². The van der Waals surface area contributed by atoms with Gasteiger partial charge in [-0.1, -0.05) is 34.1 Å². The molecule has 0 saturated heterocycles. The molecule has 2 rings (SSSR count). The Hall–Kier alpha value is -2.25. The molecule has 2 aromatic carbocycles. The van der Waals surface area contributed by atoms with Crippen molar-refractivity contribution in [1.29, 1.82) is 0 Å². The Bertz CT molecular complexity index is 764. The van der Waals surface area contributed by atoms with E-state index < -0.39 is 4.92 Å². The molecule has 0 heterocycles. The highest BCUT2D eigenvalue weighted by atomic mass is 79.9. The molecule has 0 spiro atoms. The fourth-order valence-electron chi connectivity index (χ4n) is 2.31. The molecule has 0 bridgehead atoms. The molecule has 0 aliphatic heterocycles. The van der Waals surface area contributed by atoms with Crippen LogP contribution in [0.15, 0.2) is 46.9 Å². The molecule has 0 saturated carbocycles. The summed E-state index contributed by atoms with van der Waals surface area (Å²) in [7, 11) is 1.86. The van der Waals surface area contributed by atoms with E-state index in [1.807, 2.05) is 36.2 Å². The van der Waals surface area contributed by atoms with Crippen molar-refractivity contribution in [1.82, 2.24) is 4.90 Å². The Morgan fingerprint density at radius 2 is 2.00 bits per heavy atom. The number of nitro benzene ring substituents is 1. The standard InChI is InChI=1S/C17H18BrN3O3/c1-12-9-14(21(23)24)7-8-16(12)19-17(22)11-20(2)10-13-5-3-4-6-15(13)18/h3-9H,10-11H2,1-2H3,(H,19,22). The summed E-state index contributed by atoms with van der Waals surface area (Å²) in [6.45, 7) is 2.58. The number of likely N-dealkylation sites (N-methyl/N-ethyl adjacent to an activating group) is 1. The lowest BCUT2D eigenvalue weighted by molar-refractivity contribution is -0.384. The average molecular weight is 392 g/mol. The number of anilines is 1. The lowest BCUT2D eigenvalue weighted by Gasteiger charge is -2.17. The van der Waals surface area contributed by atoms with Gasteiger partial charge < -0.3 is 5.32 Å². The molecule has 0 aliphatic carbocycles. The summed E-state index contributed by atoms with van der Waals surface area (Å²) in [5, 5.41) is 13.5. The van der Waals surface area contributed by atoms with Crippen LogP contribution in [0.1, 0.15) is 11.1 Å². The number of carbonyl (C=O) groups excluding carboxylic acids is 1. The van der Waals surface area contributed by atoms with Gasteiger partial charge in [-0.3, -0.25) is 19.8 Å². The van der Waals surface area contributed by atoms with E-state index in [1.165, 1.54) is 12.1 Å². The number of nitrogens with zero attached hydrogens (tertiary/aromatic N) is 2. The van der Waals surface area contributed by atoms with Crippen molar-refractivity contribution in [3.05, 3.63) is 68.2 Å². The van der Waals surface area contributed by atoms with Crippen LogP contribution in [0.4, 0.5) is 11.4 Å². The third-order valence-electron chi connectivity index (χ3n) is 3.51. The van der Waals surface area contributed by atoms with Gasteiger partial charge in [0.1, 0.15) is 0 Å². The van der Waals surface area contributed by atoms with Crippen molar-refractivity contribution in [2.45, 2.75) is 13.5 Å². The van der Waals surface area contributed by atoms with Gasteiger partial charge in [0.2, 0.25) is 5.91 Å². The molecule has 6 nitrogen and oxygen atoms in total. The van der Waals surface area contributed by atoms with E-state index in [4.69, 9.17) is 0 Å². The number of benzene rings is 2. The Labute approximate surface area is 148 Å². The van der Waals surface area contributed by atoms with Gasteiger partial charge in [0.25, 0.3) is 5.69 Å². The van der Waals surface area contributed by atoms with Crippen LogP contribution >= 0.6 is 15.9 Å². The van der Waals surface area contributed by atoms with Gasteiger partial charge in [-0.05, 0) is 37.2 Å². The molecule has 1 amide bonds. The summed E-state index contributed by atoms with van der Waals surface area (Å²) in [6.07, 6.45) is 0. The zero-order valence-electron chi connectivity index (χ0n) is 13.5. The highest BCUT2D eigenvalue weighted by molar-refractivity contribution is 9.10. The maximum absolute atomic E-state index is 12.2. The van der Waals surface area contributed by atoms with Crippen LogP contribution in [0.25, 0.3) is 0 Å². The van der Waals surface area contributed by atoms with E-state index in [1.54, 1.807) is 13.0 Å². The SMILES string of the molecule is Cc1cc([N+](=O)[O-])ccc1NC(=O)CN(C)Cc1ccccc1Br. The Morgan fingerprint density at radius 1 is 1.29 bits per heavy atom. The largest absolute Gasteiger partial charge is 0.325 e. The summed E-state index contributed by atoms with van der Waals surface area (Å²) >= 11 is 3.49. The van der Waals surface area contributed by atoms with Crippen molar-refractivity contribution in [2.24, 2.45) is 0 Å². The van der Waals surface area contributed by atoms with Crippen LogP contribution in [0.3, 0.4) is 0 Å². The van der Waals surface area contributed by atoms with Crippen molar-refractivity contribution >= 4 is 33.2 Å². The minimum Gasteiger partial charge on any atom is -0.325 e. The topological polar surface area (TPSA) is 75.5 Å². The number of carbonyl (C=O) groups is 1. The van der Waals surface area contributed by atoms with Crippen molar-refractivity contribution in [3.8, 4) is 0 Å². The first-order chi connectivity index (χ1) is 11.4. The third-order valence-corrected chi connectivity index (χ3v) is 4.28. The van der Waals surface area contributed by atoms with Crippen LogP contribution in [0.2, 0.25) is 0 Å². The fourth-order valence-corrected chi connectivity index (χ4v) is 2.72. The molecule has 24 heavy (non-hydrogen) atoms. The highest BCUT2D eigenvalue weighted by Gasteiger charge is 2.12. The lowest BCUT2D eigenvalue weighted by atomic mass is 10.2. The van der Waals surface area contributed by atoms with Crippen LogP contribution < -0.4 is 5.32 Å². The monoisotopic (exact) mass is 391 g/mol. The number of aryl methyl sites for hydroxylation is 1. The van der Waals surface area contributed by atoms with Gasteiger partial charge in [0, 0.05) is 28.8 Å². The van der Waals surface area contributed by atoms with Crippen LogP contribution in [-0.4, -0.2) is 29.3 Å². The van der Waals surface area contributed by atoms with Crippen molar-refractivity contribution in [3.63, 3.8) is 0 Å². The maximum Gasteiger partial charge on any atom is 0.269 e. The molecule has 0 aromatic heterocycles. The Balaban J connectivity index is 1.95. The van der Waals surface area contributed by atoms with Crippen LogP contribution in [-0.2, 0) is 11.3 Å². The summed E-state index contributed by atoms with van der Waals surface area (Å²) in [4.78, 5) is 24.4. The van der Waals surface area contributed by atoms with Gasteiger partial charge in [0.15, 0.2) is 0 Å². The molecule has 2 aromatic rings. The van der Waals surface area contributed by atoms with E-state index in [9.17, 15) is 14.9 Å². The minimum atomic E-state index is -0.454. The Kier molecular flexibility index (Phi) is 6.05. The summed E-state index contributed by atoms with van der Waals surface area (Å²) in [6, 6.07) is 12.2. The van der Waals surface area contributed by atoms with Gasteiger partial charge in [-0.2, -0.15) is 0 Å². The first kappa shape index (κ1) is 18.1. The first-order valence-electron chi connectivity index (χ1n) is 7.33. The molecule has 1 N–H and O–H groups in total. The molecule has 0 unspecified atom stereocenters. The normalized spacial score (nSPS) is 10.7. The third kappa shape index (κ3) is 4.87. The lowest BCUT2D eigenvalue weighted by Crippen LogP contribution is -2.30. The second-order valence-corrected chi connectivity index (χ2v) is 6.42. The molecular weight excluding hydrogens is 374 g/mol. The van der Waals surface area contributed by atoms with E-state index in [2.05, 4.69) is 21.2 Å². The van der Waals surface area contributed by atoms with Crippen molar-refractivity contribution in [2.75, 3.05) is 18.9 Å². The molecular formula is C17H18BrN3O3. The summed E-state index contributed by atoms with van der Waals surface area (Å²) in [5.74, 6) is -0.165.